The Morgan fingerprint density at radius 2 is 1.66 bits per heavy atom. The van der Waals surface area contributed by atoms with E-state index >= 15 is 0 Å². The van der Waals surface area contributed by atoms with Crippen LogP contribution in [0.1, 0.15) is 70.2 Å². The second-order valence-corrected chi connectivity index (χ2v) is 8.85. The van der Waals surface area contributed by atoms with Crippen LogP contribution in [0.3, 0.4) is 0 Å². The molecule has 0 spiro atoms. The zero-order chi connectivity index (χ0) is 21.3. The molecule has 0 bridgehead atoms. The Balaban J connectivity index is 2.03. The number of rotatable bonds is 3. The molecule has 0 saturated heterocycles. The highest BCUT2D eigenvalue weighted by Gasteiger charge is 2.30. The normalized spacial score (nSPS) is 13.4. The third kappa shape index (κ3) is 4.67. The second kappa shape index (κ2) is 7.99. The lowest BCUT2D eigenvalue weighted by Crippen LogP contribution is -2.55. The summed E-state index contributed by atoms with van der Waals surface area (Å²) in [4.78, 5) is 26.9. The molecule has 0 atom stereocenters. The number of hydrazine groups is 1. The van der Waals surface area contributed by atoms with Crippen molar-refractivity contribution in [2.75, 3.05) is 6.61 Å². The highest BCUT2D eigenvalue weighted by Crippen LogP contribution is 2.30. The van der Waals surface area contributed by atoms with Crippen molar-refractivity contribution in [1.82, 2.24) is 10.4 Å². The fourth-order valence-electron chi connectivity index (χ4n) is 3.72. The van der Waals surface area contributed by atoms with E-state index in [-0.39, 0.29) is 11.8 Å². The van der Waals surface area contributed by atoms with Crippen LogP contribution in [0.15, 0.2) is 30.3 Å². The van der Waals surface area contributed by atoms with E-state index in [2.05, 4.69) is 5.43 Å². The Kier molecular flexibility index (Phi) is 5.80. The van der Waals surface area contributed by atoms with Crippen LogP contribution in [0.25, 0.3) is 0 Å². The number of carbonyl (C=O) groups excluding carboxylic acids is 2. The van der Waals surface area contributed by atoms with Crippen LogP contribution in [-0.2, 0) is 6.42 Å². The number of fused-ring (bicyclic) bond motifs is 1. The topological polar surface area (TPSA) is 58.6 Å². The largest absolute Gasteiger partial charge is 0.493 e. The number of imide groups is 1. The van der Waals surface area contributed by atoms with Crippen molar-refractivity contribution >= 4 is 11.8 Å². The van der Waals surface area contributed by atoms with Crippen LogP contribution < -0.4 is 10.2 Å². The molecule has 29 heavy (non-hydrogen) atoms. The van der Waals surface area contributed by atoms with Crippen molar-refractivity contribution in [1.29, 1.82) is 0 Å². The monoisotopic (exact) mass is 394 g/mol. The molecular weight excluding hydrogens is 364 g/mol. The number of amides is 2. The van der Waals surface area contributed by atoms with Gasteiger partial charge in [0.1, 0.15) is 5.75 Å². The van der Waals surface area contributed by atoms with Gasteiger partial charge in [-0.1, -0.05) is 17.2 Å². The van der Waals surface area contributed by atoms with Gasteiger partial charge in [-0.25, -0.2) is 10.4 Å². The van der Waals surface area contributed by atoms with Gasteiger partial charge in [-0.3, -0.25) is 9.59 Å². The predicted molar refractivity (Wildman–Crippen MR) is 114 cm³/mol. The molecule has 0 radical (unpaired) electrons. The van der Waals surface area contributed by atoms with E-state index < -0.39 is 5.54 Å². The van der Waals surface area contributed by atoms with E-state index in [0.717, 1.165) is 45.9 Å². The Morgan fingerprint density at radius 3 is 2.28 bits per heavy atom. The van der Waals surface area contributed by atoms with Crippen LogP contribution in [0, 0.1) is 20.8 Å². The van der Waals surface area contributed by atoms with Gasteiger partial charge >= 0.3 is 0 Å². The number of nitrogens with one attached hydrogen (secondary N) is 1. The lowest BCUT2D eigenvalue weighted by atomic mass is 9.95. The van der Waals surface area contributed by atoms with Crippen molar-refractivity contribution in [3.63, 3.8) is 0 Å². The lowest BCUT2D eigenvalue weighted by molar-refractivity contribution is 0.0451. The summed E-state index contributed by atoms with van der Waals surface area (Å²) in [6.45, 7) is 12.3. The van der Waals surface area contributed by atoms with Crippen molar-refractivity contribution in [2.24, 2.45) is 0 Å². The molecule has 2 aromatic rings. The molecule has 0 unspecified atom stereocenters. The molecule has 1 heterocycles. The number of hydrogen-bond donors (Lipinski definition) is 1. The van der Waals surface area contributed by atoms with Crippen LogP contribution >= 0.6 is 0 Å². The summed E-state index contributed by atoms with van der Waals surface area (Å²) in [5, 5.41) is 1.16. The Morgan fingerprint density at radius 1 is 1.00 bits per heavy atom. The summed E-state index contributed by atoms with van der Waals surface area (Å²) < 4.78 is 5.72. The summed E-state index contributed by atoms with van der Waals surface area (Å²) in [5.74, 6) is 0.126. The number of carbonyl (C=O) groups is 2. The molecule has 1 N–H and O–H groups in total. The third-order valence-electron chi connectivity index (χ3n) is 4.94. The minimum Gasteiger partial charge on any atom is -0.493 e. The molecule has 3 rings (SSSR count). The number of aryl methyl sites for hydroxylation is 2. The maximum Gasteiger partial charge on any atom is 0.275 e. The molecule has 2 aromatic carbocycles. The van der Waals surface area contributed by atoms with Crippen LogP contribution in [0.5, 0.6) is 5.75 Å². The first kappa shape index (κ1) is 21.1. The summed E-state index contributed by atoms with van der Waals surface area (Å²) in [6, 6.07) is 9.23. The number of benzene rings is 2. The maximum atomic E-state index is 13.5. The predicted octanol–water partition coefficient (Wildman–Crippen LogP) is 4.52. The standard InChI is InChI=1S/C24H30N2O3/c1-15-12-16(2)14-18(13-15)22(27)26(25-24(4,5)6)23(28)20-9-10-21-19(17(20)3)8-7-11-29-21/h9-10,12-14,25H,7-8,11H2,1-6H3. The van der Waals surface area contributed by atoms with Gasteiger partial charge in [0.2, 0.25) is 0 Å². The average molecular weight is 395 g/mol. The fraction of sp³-hybridized carbons (Fsp3) is 0.417. The Hall–Kier alpha value is -2.66. The molecule has 0 fully saturated rings. The van der Waals surface area contributed by atoms with Gasteiger partial charge < -0.3 is 4.74 Å². The van der Waals surface area contributed by atoms with E-state index in [4.69, 9.17) is 4.74 Å². The fourth-order valence-corrected chi connectivity index (χ4v) is 3.72. The van der Waals surface area contributed by atoms with Gasteiger partial charge in [0.25, 0.3) is 11.8 Å². The molecule has 0 saturated carbocycles. The molecule has 5 heteroatoms. The number of hydrogen-bond acceptors (Lipinski definition) is 4. The Labute approximate surface area is 173 Å². The van der Waals surface area contributed by atoms with Gasteiger partial charge in [0.15, 0.2) is 0 Å². The average Bonchev–Trinajstić information content (AvgIpc) is 2.64. The quantitative estimate of drug-likeness (QED) is 0.614. The smallest absolute Gasteiger partial charge is 0.275 e. The summed E-state index contributed by atoms with van der Waals surface area (Å²) in [7, 11) is 0. The van der Waals surface area contributed by atoms with E-state index in [1.54, 1.807) is 6.07 Å². The minimum absolute atomic E-state index is 0.352. The molecule has 1 aliphatic heterocycles. The summed E-state index contributed by atoms with van der Waals surface area (Å²) in [6.07, 6.45) is 1.80. The summed E-state index contributed by atoms with van der Waals surface area (Å²) in [5.41, 5.74) is 7.55. The van der Waals surface area contributed by atoms with Gasteiger partial charge in [-0.2, -0.15) is 0 Å². The van der Waals surface area contributed by atoms with E-state index in [1.807, 2.05) is 65.8 Å². The highest BCUT2D eigenvalue weighted by molar-refractivity contribution is 6.10. The van der Waals surface area contributed by atoms with Crippen molar-refractivity contribution < 1.29 is 14.3 Å². The van der Waals surface area contributed by atoms with Crippen LogP contribution in [0.4, 0.5) is 0 Å². The van der Waals surface area contributed by atoms with E-state index in [9.17, 15) is 9.59 Å². The molecule has 0 aromatic heterocycles. The van der Waals surface area contributed by atoms with Gasteiger partial charge in [-0.05, 0) is 89.8 Å². The van der Waals surface area contributed by atoms with Crippen molar-refractivity contribution in [3.8, 4) is 5.75 Å². The number of nitrogens with zero attached hydrogens (tertiary/aromatic N) is 1. The van der Waals surface area contributed by atoms with Gasteiger partial charge in [-0.15, -0.1) is 0 Å². The molecule has 0 aliphatic carbocycles. The van der Waals surface area contributed by atoms with Crippen molar-refractivity contribution in [2.45, 2.75) is 59.9 Å². The first-order valence-corrected chi connectivity index (χ1v) is 10.1. The maximum absolute atomic E-state index is 13.5. The SMILES string of the molecule is Cc1cc(C)cc(C(=O)N(NC(C)(C)C)C(=O)c2ccc3c(c2C)CCCO3)c1. The van der Waals surface area contributed by atoms with E-state index in [1.165, 1.54) is 0 Å². The number of ether oxygens (including phenoxy) is 1. The highest BCUT2D eigenvalue weighted by atomic mass is 16.5. The Bertz CT molecular complexity index is 937. The lowest BCUT2D eigenvalue weighted by Gasteiger charge is -2.31. The first-order chi connectivity index (χ1) is 13.6. The van der Waals surface area contributed by atoms with Gasteiger partial charge in [0.05, 0.1) is 6.61 Å². The molecule has 5 nitrogen and oxygen atoms in total. The van der Waals surface area contributed by atoms with Crippen LogP contribution in [0.2, 0.25) is 0 Å². The third-order valence-corrected chi connectivity index (χ3v) is 4.94. The minimum atomic E-state index is -0.463. The van der Waals surface area contributed by atoms with Crippen LogP contribution in [-0.4, -0.2) is 29.0 Å². The zero-order valence-corrected chi connectivity index (χ0v) is 18.2. The van der Waals surface area contributed by atoms with Gasteiger partial charge in [0, 0.05) is 16.7 Å². The van der Waals surface area contributed by atoms with Crippen molar-refractivity contribution in [3.05, 3.63) is 63.7 Å². The van der Waals surface area contributed by atoms with E-state index in [0.29, 0.717) is 17.7 Å². The first-order valence-electron chi connectivity index (χ1n) is 10.1. The zero-order valence-electron chi connectivity index (χ0n) is 18.2. The molecule has 154 valence electrons. The second-order valence-electron chi connectivity index (χ2n) is 8.85. The summed E-state index contributed by atoms with van der Waals surface area (Å²) >= 11 is 0. The molecular formula is C24H30N2O3. The molecule has 1 aliphatic rings. The molecule has 2 amide bonds.